The van der Waals surface area contributed by atoms with Crippen molar-refractivity contribution in [2.75, 3.05) is 19.6 Å². The van der Waals surface area contributed by atoms with Crippen LogP contribution in [0.5, 0.6) is 0 Å². The molecule has 162 valence electrons. The lowest BCUT2D eigenvalue weighted by atomic mass is 9.86. The van der Waals surface area contributed by atoms with Crippen LogP contribution in [-0.4, -0.2) is 24.5 Å². The van der Waals surface area contributed by atoms with E-state index in [0.717, 1.165) is 45.3 Å². The molecule has 0 radical (unpaired) electrons. The second-order valence-corrected chi connectivity index (χ2v) is 8.95. The lowest BCUT2D eigenvalue weighted by Crippen LogP contribution is -2.32. The Morgan fingerprint density at radius 2 is 1.45 bits per heavy atom. The first-order valence-corrected chi connectivity index (χ1v) is 11.4. The number of hydrogen-bond acceptors (Lipinski definition) is 2. The Balaban J connectivity index is 0.00000272. The van der Waals surface area contributed by atoms with E-state index >= 15 is 0 Å². The summed E-state index contributed by atoms with van der Waals surface area (Å²) in [6.07, 6.45) is 8.92. The monoisotopic (exact) mass is 432 g/mol. The molecule has 0 aromatic heterocycles. The number of hydrogen-bond donors (Lipinski definition) is 0. The molecule has 2 aliphatic rings. The van der Waals surface area contributed by atoms with Gasteiger partial charge in [0.25, 0.3) is 0 Å². The van der Waals surface area contributed by atoms with Gasteiger partial charge in [-0.2, -0.15) is 5.26 Å². The van der Waals surface area contributed by atoms with Crippen molar-refractivity contribution >= 4 is 30.1 Å². The van der Waals surface area contributed by atoms with Gasteiger partial charge in [0.2, 0.25) is 0 Å². The molecule has 3 heteroatoms. The van der Waals surface area contributed by atoms with Crippen LogP contribution < -0.4 is 0 Å². The van der Waals surface area contributed by atoms with Crippen molar-refractivity contribution < 1.29 is 0 Å². The van der Waals surface area contributed by atoms with Gasteiger partial charge < -0.3 is 4.90 Å². The number of nitrogens with zero attached hydrogens (tertiary/aromatic N) is 2. The van der Waals surface area contributed by atoms with Crippen LogP contribution in [0, 0.1) is 23.2 Å². The van der Waals surface area contributed by atoms with Gasteiger partial charge in [0.1, 0.15) is 0 Å². The van der Waals surface area contributed by atoms with Gasteiger partial charge >= 0.3 is 0 Å². The third kappa shape index (κ3) is 5.29. The molecule has 1 aliphatic heterocycles. The van der Waals surface area contributed by atoms with E-state index in [1.165, 1.54) is 27.8 Å². The molecule has 1 unspecified atom stereocenters. The smallest absolute Gasteiger partial charge is 0.0658 e. The number of benzene rings is 2. The van der Waals surface area contributed by atoms with Crippen LogP contribution >= 0.6 is 12.4 Å². The third-order valence-corrected chi connectivity index (χ3v) is 6.68. The molecule has 1 heterocycles. The summed E-state index contributed by atoms with van der Waals surface area (Å²) in [5.41, 5.74) is 8.42. The minimum Gasteiger partial charge on any atom is -0.303 e. The van der Waals surface area contributed by atoms with Crippen molar-refractivity contribution in [2.45, 2.75) is 39.5 Å². The summed E-state index contributed by atoms with van der Waals surface area (Å²) in [5.74, 6) is 0.649. The SMILES string of the molecule is CC(C)C(C#N)CCCN1CCC(=C2c3ccccc3C=Cc3ccccc32)CC1.Cl. The van der Waals surface area contributed by atoms with Crippen LogP contribution in [-0.2, 0) is 0 Å². The van der Waals surface area contributed by atoms with E-state index < -0.39 is 0 Å². The van der Waals surface area contributed by atoms with Gasteiger partial charge in [-0.25, -0.2) is 0 Å². The van der Waals surface area contributed by atoms with E-state index in [1.54, 1.807) is 5.57 Å². The molecule has 1 fully saturated rings. The highest BCUT2D eigenvalue weighted by molar-refractivity contribution is 5.94. The Labute approximate surface area is 193 Å². The number of rotatable bonds is 5. The summed E-state index contributed by atoms with van der Waals surface area (Å²) in [7, 11) is 0. The average molecular weight is 433 g/mol. The van der Waals surface area contributed by atoms with Gasteiger partial charge in [0.05, 0.1) is 6.07 Å². The van der Waals surface area contributed by atoms with Crippen LogP contribution in [0.2, 0.25) is 0 Å². The molecule has 1 atom stereocenters. The molecule has 4 rings (SSSR count). The molecule has 0 saturated carbocycles. The van der Waals surface area contributed by atoms with E-state index in [1.807, 2.05) is 0 Å². The number of piperidine rings is 1. The van der Waals surface area contributed by atoms with Gasteiger partial charge in [-0.3, -0.25) is 0 Å². The topological polar surface area (TPSA) is 27.0 Å². The van der Waals surface area contributed by atoms with Crippen LogP contribution in [0.15, 0.2) is 54.1 Å². The van der Waals surface area contributed by atoms with Crippen LogP contribution in [0.1, 0.15) is 61.8 Å². The third-order valence-electron chi connectivity index (χ3n) is 6.68. The largest absolute Gasteiger partial charge is 0.303 e. The molecular formula is C28H33ClN2. The maximum atomic E-state index is 9.32. The van der Waals surface area contributed by atoms with Gasteiger partial charge in [-0.15, -0.1) is 12.4 Å². The molecule has 0 N–H and O–H groups in total. The quantitative estimate of drug-likeness (QED) is 0.431. The second-order valence-electron chi connectivity index (χ2n) is 8.95. The first-order valence-electron chi connectivity index (χ1n) is 11.4. The molecule has 31 heavy (non-hydrogen) atoms. The fourth-order valence-electron chi connectivity index (χ4n) is 4.82. The maximum Gasteiger partial charge on any atom is 0.0658 e. The molecular weight excluding hydrogens is 400 g/mol. The molecule has 2 aromatic rings. The second kappa shape index (κ2) is 10.8. The van der Waals surface area contributed by atoms with E-state index in [2.05, 4.69) is 85.5 Å². The minimum atomic E-state index is 0. The van der Waals surface area contributed by atoms with Crippen molar-refractivity contribution in [1.82, 2.24) is 4.90 Å². The van der Waals surface area contributed by atoms with E-state index in [-0.39, 0.29) is 18.3 Å². The molecule has 2 aromatic carbocycles. The molecule has 2 nitrogen and oxygen atoms in total. The molecule has 1 saturated heterocycles. The molecule has 0 spiro atoms. The predicted molar refractivity (Wildman–Crippen MR) is 134 cm³/mol. The van der Waals surface area contributed by atoms with Crippen molar-refractivity contribution in [2.24, 2.45) is 11.8 Å². The zero-order valence-corrected chi connectivity index (χ0v) is 19.5. The standard InChI is InChI=1S/C28H32N2.ClH/c1-21(2)25(20-29)10-7-17-30-18-15-24(16-19-30)28-26-11-5-3-8-22(26)13-14-23-9-4-6-12-27(23)28;/h3-6,8-9,11-14,21,25H,7,10,15-19H2,1-2H3;1H. The zero-order valence-electron chi connectivity index (χ0n) is 18.7. The fraction of sp³-hybridized carbons (Fsp3) is 0.393. The average Bonchev–Trinajstić information content (AvgIpc) is 2.94. The zero-order chi connectivity index (χ0) is 20.9. The van der Waals surface area contributed by atoms with Crippen LogP contribution in [0.25, 0.3) is 17.7 Å². The number of halogens is 1. The highest BCUT2D eigenvalue weighted by Gasteiger charge is 2.22. The highest BCUT2D eigenvalue weighted by atomic mass is 35.5. The van der Waals surface area contributed by atoms with Gasteiger partial charge in [0.15, 0.2) is 0 Å². The summed E-state index contributed by atoms with van der Waals surface area (Å²) in [6, 6.07) is 20.1. The first kappa shape index (κ1) is 23.3. The summed E-state index contributed by atoms with van der Waals surface area (Å²) >= 11 is 0. The molecule has 1 aliphatic carbocycles. The van der Waals surface area contributed by atoms with Crippen molar-refractivity contribution in [1.29, 1.82) is 5.26 Å². The lowest BCUT2D eigenvalue weighted by Gasteiger charge is -2.31. The lowest BCUT2D eigenvalue weighted by molar-refractivity contribution is 0.244. The van der Waals surface area contributed by atoms with E-state index in [4.69, 9.17) is 0 Å². The Hall–Kier alpha value is -2.34. The fourth-order valence-corrected chi connectivity index (χ4v) is 4.82. The normalized spacial score (nSPS) is 16.7. The van der Waals surface area contributed by atoms with Crippen molar-refractivity contribution in [3.05, 3.63) is 76.4 Å². The van der Waals surface area contributed by atoms with Crippen LogP contribution in [0.3, 0.4) is 0 Å². The molecule has 0 bridgehead atoms. The first-order chi connectivity index (χ1) is 14.7. The number of likely N-dealkylation sites (tertiary alicyclic amines) is 1. The Bertz CT molecular complexity index is 935. The number of nitriles is 1. The minimum absolute atomic E-state index is 0. The van der Waals surface area contributed by atoms with E-state index in [0.29, 0.717) is 5.92 Å². The van der Waals surface area contributed by atoms with Crippen molar-refractivity contribution in [3.63, 3.8) is 0 Å². The van der Waals surface area contributed by atoms with Gasteiger partial charge in [0, 0.05) is 19.0 Å². The van der Waals surface area contributed by atoms with Gasteiger partial charge in [-0.05, 0) is 66.0 Å². The summed E-state index contributed by atoms with van der Waals surface area (Å²) < 4.78 is 0. The van der Waals surface area contributed by atoms with Gasteiger partial charge in [-0.1, -0.05) is 80.1 Å². The predicted octanol–water partition coefficient (Wildman–Crippen LogP) is 7.07. The summed E-state index contributed by atoms with van der Waals surface area (Å²) in [5, 5.41) is 9.32. The summed E-state index contributed by atoms with van der Waals surface area (Å²) in [6.45, 7) is 7.67. The Kier molecular flexibility index (Phi) is 8.13. The maximum absolute atomic E-state index is 9.32. The molecule has 0 amide bonds. The van der Waals surface area contributed by atoms with E-state index in [9.17, 15) is 5.26 Å². The number of fused-ring (bicyclic) bond motifs is 2. The van der Waals surface area contributed by atoms with Crippen molar-refractivity contribution in [3.8, 4) is 6.07 Å². The van der Waals surface area contributed by atoms with Crippen LogP contribution in [0.4, 0.5) is 0 Å². The highest BCUT2D eigenvalue weighted by Crippen LogP contribution is 2.38. The Morgan fingerprint density at radius 3 is 1.97 bits per heavy atom. The Morgan fingerprint density at radius 1 is 0.903 bits per heavy atom. The summed E-state index contributed by atoms with van der Waals surface area (Å²) in [4.78, 5) is 2.59.